The van der Waals surface area contributed by atoms with E-state index in [1.807, 2.05) is 4.90 Å². The number of nitrogens with zero attached hydrogens (tertiary/aromatic N) is 1. The highest BCUT2D eigenvalue weighted by atomic mass is 35.5. The van der Waals surface area contributed by atoms with Gasteiger partial charge in [-0.1, -0.05) is 6.07 Å². The van der Waals surface area contributed by atoms with E-state index in [-0.39, 0.29) is 24.0 Å². The maximum absolute atomic E-state index is 13.6. The molecule has 10 heteroatoms. The molecule has 1 aromatic heterocycles. The van der Waals surface area contributed by atoms with E-state index in [0.717, 1.165) is 12.1 Å². The molecule has 2 aromatic rings. The zero-order valence-electron chi connectivity index (χ0n) is 13.9. The molecule has 0 radical (unpaired) electrons. The molecule has 1 fully saturated rings. The summed E-state index contributed by atoms with van der Waals surface area (Å²) in [4.78, 5) is 1.87. The summed E-state index contributed by atoms with van der Waals surface area (Å²) in [6, 6.07) is 2.90. The smallest absolute Gasteiger partial charge is 0.314 e. The van der Waals surface area contributed by atoms with Gasteiger partial charge in [0, 0.05) is 26.2 Å². The number of piperazine rings is 1. The van der Waals surface area contributed by atoms with Crippen molar-refractivity contribution in [3.05, 3.63) is 57.3 Å². The van der Waals surface area contributed by atoms with Crippen LogP contribution in [-0.4, -0.2) is 31.1 Å². The van der Waals surface area contributed by atoms with Crippen LogP contribution in [0.15, 0.2) is 35.0 Å². The van der Waals surface area contributed by atoms with Gasteiger partial charge < -0.3 is 5.32 Å². The number of hydrogen-bond donors (Lipinski definition) is 1. The monoisotopic (exact) mass is 430 g/mol. The van der Waals surface area contributed by atoms with Crippen LogP contribution in [-0.2, 0) is 12.4 Å². The molecular formula is C17H17ClF6N2S. The molecule has 0 aliphatic carbocycles. The first kappa shape index (κ1) is 22.0. The van der Waals surface area contributed by atoms with Crippen LogP contribution >= 0.6 is 23.7 Å². The van der Waals surface area contributed by atoms with Crippen molar-refractivity contribution in [3.8, 4) is 0 Å². The number of hydrogen-bond acceptors (Lipinski definition) is 3. The summed E-state index contributed by atoms with van der Waals surface area (Å²) < 4.78 is 79.6. The maximum Gasteiger partial charge on any atom is 0.416 e. The van der Waals surface area contributed by atoms with Crippen LogP contribution in [0, 0.1) is 0 Å². The normalized spacial score (nSPS) is 17.4. The fourth-order valence-electron chi connectivity index (χ4n) is 3.17. The quantitative estimate of drug-likeness (QED) is 0.673. The Morgan fingerprint density at radius 3 is 2.15 bits per heavy atom. The van der Waals surface area contributed by atoms with Crippen LogP contribution < -0.4 is 5.32 Å². The Balaban J connectivity index is 0.00000261. The fourth-order valence-corrected chi connectivity index (χ4v) is 3.85. The Kier molecular flexibility index (Phi) is 6.83. The summed E-state index contributed by atoms with van der Waals surface area (Å²) in [6.07, 6.45) is -9.70. The molecule has 0 bridgehead atoms. The molecule has 27 heavy (non-hydrogen) atoms. The molecular weight excluding hydrogens is 414 g/mol. The number of alkyl halides is 6. The van der Waals surface area contributed by atoms with E-state index in [1.54, 1.807) is 16.8 Å². The topological polar surface area (TPSA) is 15.3 Å². The standard InChI is InChI=1S/C17H16F6N2S.ClH/c18-16(19,20)12-1-2-13(14(9-12)17(21,22)23)15(11-3-8-26-10-11)25-6-4-24-5-7-25;/h1-3,8-10,15,24H,4-7H2;1H/t15-;/m0./s1. The molecule has 0 unspecified atom stereocenters. The summed E-state index contributed by atoms with van der Waals surface area (Å²) >= 11 is 1.34. The number of benzene rings is 1. The lowest BCUT2D eigenvalue weighted by atomic mass is 9.92. The van der Waals surface area contributed by atoms with E-state index in [4.69, 9.17) is 0 Å². The molecule has 1 atom stereocenters. The summed E-state index contributed by atoms with van der Waals surface area (Å²) in [5, 5.41) is 6.62. The number of halogens is 7. The van der Waals surface area contributed by atoms with Gasteiger partial charge in [-0.2, -0.15) is 37.7 Å². The van der Waals surface area contributed by atoms with Crippen molar-refractivity contribution in [1.29, 1.82) is 0 Å². The molecule has 1 aliphatic heterocycles. The van der Waals surface area contributed by atoms with Crippen molar-refractivity contribution in [3.63, 3.8) is 0 Å². The molecule has 1 saturated heterocycles. The highest BCUT2D eigenvalue weighted by molar-refractivity contribution is 7.08. The van der Waals surface area contributed by atoms with Gasteiger partial charge in [0.15, 0.2) is 0 Å². The average molecular weight is 431 g/mol. The van der Waals surface area contributed by atoms with Crippen molar-refractivity contribution in [2.24, 2.45) is 0 Å². The van der Waals surface area contributed by atoms with Gasteiger partial charge in [-0.05, 0) is 40.1 Å². The van der Waals surface area contributed by atoms with Crippen LogP contribution in [0.2, 0.25) is 0 Å². The molecule has 0 amide bonds. The first-order valence-electron chi connectivity index (χ1n) is 7.93. The van der Waals surface area contributed by atoms with Gasteiger partial charge >= 0.3 is 12.4 Å². The van der Waals surface area contributed by atoms with Crippen LogP contribution in [0.4, 0.5) is 26.3 Å². The van der Waals surface area contributed by atoms with Gasteiger partial charge in [0.1, 0.15) is 0 Å². The molecule has 0 saturated carbocycles. The molecule has 3 rings (SSSR count). The van der Waals surface area contributed by atoms with Crippen LogP contribution in [0.5, 0.6) is 0 Å². The minimum atomic E-state index is -4.88. The second-order valence-corrected chi connectivity index (χ2v) is 6.82. The summed E-state index contributed by atoms with van der Waals surface area (Å²) in [7, 11) is 0. The predicted octanol–water partition coefficient (Wildman–Crippen LogP) is 5.20. The first-order valence-corrected chi connectivity index (χ1v) is 8.87. The van der Waals surface area contributed by atoms with Crippen molar-refractivity contribution in [2.75, 3.05) is 26.2 Å². The minimum Gasteiger partial charge on any atom is -0.314 e. The van der Waals surface area contributed by atoms with Crippen LogP contribution in [0.1, 0.15) is 28.3 Å². The van der Waals surface area contributed by atoms with Crippen molar-refractivity contribution in [2.45, 2.75) is 18.4 Å². The Morgan fingerprint density at radius 1 is 0.963 bits per heavy atom. The lowest BCUT2D eigenvalue weighted by molar-refractivity contribution is -0.143. The van der Waals surface area contributed by atoms with E-state index >= 15 is 0 Å². The van der Waals surface area contributed by atoms with Crippen LogP contribution in [0.25, 0.3) is 0 Å². The Morgan fingerprint density at radius 2 is 1.63 bits per heavy atom. The molecule has 1 aromatic carbocycles. The molecule has 2 heterocycles. The first-order chi connectivity index (χ1) is 12.2. The molecule has 0 spiro atoms. The van der Waals surface area contributed by atoms with Crippen molar-refractivity contribution >= 4 is 23.7 Å². The highest BCUT2D eigenvalue weighted by Crippen LogP contribution is 2.42. The SMILES string of the molecule is Cl.FC(F)(F)c1ccc([C@H](c2ccsc2)N2CCNCC2)c(C(F)(F)F)c1. The van der Waals surface area contributed by atoms with Gasteiger partial charge in [-0.15, -0.1) is 12.4 Å². The zero-order valence-corrected chi connectivity index (χ0v) is 15.5. The molecule has 1 N–H and O–H groups in total. The Hall–Kier alpha value is -1.29. The second-order valence-electron chi connectivity index (χ2n) is 6.04. The molecule has 2 nitrogen and oxygen atoms in total. The van der Waals surface area contributed by atoms with E-state index < -0.39 is 29.5 Å². The maximum atomic E-state index is 13.6. The zero-order chi connectivity index (χ0) is 18.9. The van der Waals surface area contributed by atoms with Gasteiger partial charge in [0.25, 0.3) is 0 Å². The summed E-state index contributed by atoms with van der Waals surface area (Å²) in [6.45, 7) is 2.25. The lowest BCUT2D eigenvalue weighted by Crippen LogP contribution is -2.45. The van der Waals surface area contributed by atoms with Crippen LogP contribution in [0.3, 0.4) is 0 Å². The van der Waals surface area contributed by atoms with E-state index in [0.29, 0.717) is 31.7 Å². The molecule has 1 aliphatic rings. The van der Waals surface area contributed by atoms with Gasteiger partial charge in [0.2, 0.25) is 0 Å². The van der Waals surface area contributed by atoms with Crippen molar-refractivity contribution in [1.82, 2.24) is 10.2 Å². The highest BCUT2D eigenvalue weighted by Gasteiger charge is 2.40. The number of rotatable bonds is 3. The largest absolute Gasteiger partial charge is 0.416 e. The lowest BCUT2D eigenvalue weighted by Gasteiger charge is -2.36. The third-order valence-electron chi connectivity index (χ3n) is 4.36. The average Bonchev–Trinajstić information content (AvgIpc) is 3.08. The van der Waals surface area contributed by atoms with Gasteiger partial charge in [-0.3, -0.25) is 4.90 Å². The third kappa shape index (κ3) is 4.96. The van der Waals surface area contributed by atoms with Gasteiger partial charge in [0.05, 0.1) is 17.2 Å². The van der Waals surface area contributed by atoms with Crippen molar-refractivity contribution < 1.29 is 26.3 Å². The predicted molar refractivity (Wildman–Crippen MR) is 94.3 cm³/mol. The van der Waals surface area contributed by atoms with E-state index in [2.05, 4.69) is 5.32 Å². The summed E-state index contributed by atoms with van der Waals surface area (Å²) in [5.41, 5.74) is -2.02. The van der Waals surface area contributed by atoms with Gasteiger partial charge in [-0.25, -0.2) is 0 Å². The number of thiophene rings is 1. The second kappa shape index (κ2) is 8.38. The molecule has 150 valence electrons. The third-order valence-corrected chi connectivity index (χ3v) is 5.06. The number of nitrogens with one attached hydrogen (secondary N) is 1. The summed E-state index contributed by atoms with van der Waals surface area (Å²) in [5.74, 6) is 0. The van der Waals surface area contributed by atoms with E-state index in [1.165, 1.54) is 11.3 Å². The Labute approximate surface area is 162 Å². The van der Waals surface area contributed by atoms with E-state index in [9.17, 15) is 26.3 Å². The Bertz CT molecular complexity index is 739. The fraction of sp³-hybridized carbons (Fsp3) is 0.412. The minimum absolute atomic E-state index is 0.